The van der Waals surface area contributed by atoms with Gasteiger partial charge in [-0.25, -0.2) is 12.8 Å². The smallest absolute Gasteiger partial charge is 0.351 e. The number of carbonyl (C=O) groups is 1. The SMILES string of the molecule is Cc1cc(CNC(=O)[C@@H]2CCCN2S(=O)(=O)c2ccc(F)cc2)cc(-c2ccc(C(F)(F)F)nc2)c1. The number of hydrogen-bond donors (Lipinski definition) is 1. The highest BCUT2D eigenvalue weighted by atomic mass is 32.2. The fraction of sp³-hybridized carbons (Fsp3) is 0.280. The van der Waals surface area contributed by atoms with Gasteiger partial charge < -0.3 is 5.32 Å². The molecule has 1 atom stereocenters. The van der Waals surface area contributed by atoms with Crippen LogP contribution in [0.5, 0.6) is 0 Å². The van der Waals surface area contributed by atoms with Gasteiger partial charge in [-0.15, -0.1) is 0 Å². The summed E-state index contributed by atoms with van der Waals surface area (Å²) >= 11 is 0. The minimum atomic E-state index is -4.53. The van der Waals surface area contributed by atoms with Crippen molar-refractivity contribution in [2.24, 2.45) is 0 Å². The normalized spacial score (nSPS) is 16.8. The quantitative estimate of drug-likeness (QED) is 0.478. The average molecular weight is 522 g/mol. The molecule has 1 aromatic heterocycles. The lowest BCUT2D eigenvalue weighted by Crippen LogP contribution is -2.45. The van der Waals surface area contributed by atoms with Crippen molar-refractivity contribution in [3.8, 4) is 11.1 Å². The highest BCUT2D eigenvalue weighted by Gasteiger charge is 2.39. The molecule has 0 aliphatic carbocycles. The number of aromatic nitrogens is 1. The van der Waals surface area contributed by atoms with E-state index in [1.165, 1.54) is 18.2 Å². The number of benzene rings is 2. The van der Waals surface area contributed by atoms with Crippen molar-refractivity contribution in [1.29, 1.82) is 0 Å². The maximum atomic E-state index is 13.2. The molecule has 1 N–H and O–H groups in total. The zero-order chi connectivity index (χ0) is 26.1. The largest absolute Gasteiger partial charge is 0.433 e. The third kappa shape index (κ3) is 5.57. The van der Waals surface area contributed by atoms with Gasteiger partial charge in [-0.3, -0.25) is 9.78 Å². The lowest BCUT2D eigenvalue weighted by molar-refractivity contribution is -0.141. The van der Waals surface area contributed by atoms with Crippen LogP contribution < -0.4 is 5.32 Å². The monoisotopic (exact) mass is 521 g/mol. The van der Waals surface area contributed by atoms with E-state index in [1.54, 1.807) is 12.1 Å². The molecule has 190 valence electrons. The van der Waals surface area contributed by atoms with E-state index >= 15 is 0 Å². The van der Waals surface area contributed by atoms with Crippen LogP contribution >= 0.6 is 0 Å². The van der Waals surface area contributed by atoms with Crippen molar-refractivity contribution in [2.45, 2.75) is 43.4 Å². The maximum Gasteiger partial charge on any atom is 0.433 e. The second kappa shape index (κ2) is 9.98. The fourth-order valence-corrected chi connectivity index (χ4v) is 5.86. The summed E-state index contributed by atoms with van der Waals surface area (Å²) < 4.78 is 78.8. The Labute approximate surface area is 206 Å². The number of rotatable bonds is 6. The van der Waals surface area contributed by atoms with E-state index in [0.717, 1.165) is 34.3 Å². The van der Waals surface area contributed by atoms with Crippen LogP contribution in [0.2, 0.25) is 0 Å². The molecule has 4 rings (SSSR count). The van der Waals surface area contributed by atoms with Crippen LogP contribution in [0.25, 0.3) is 11.1 Å². The van der Waals surface area contributed by atoms with Crippen molar-refractivity contribution in [1.82, 2.24) is 14.6 Å². The lowest BCUT2D eigenvalue weighted by atomic mass is 10.0. The molecular weight excluding hydrogens is 498 g/mol. The minimum Gasteiger partial charge on any atom is -0.351 e. The Balaban J connectivity index is 1.48. The highest BCUT2D eigenvalue weighted by molar-refractivity contribution is 7.89. The fourth-order valence-electron chi connectivity index (χ4n) is 4.20. The van der Waals surface area contributed by atoms with E-state index in [4.69, 9.17) is 0 Å². The zero-order valence-corrected chi connectivity index (χ0v) is 20.0. The zero-order valence-electron chi connectivity index (χ0n) is 19.2. The van der Waals surface area contributed by atoms with Crippen LogP contribution in [0.1, 0.15) is 29.7 Å². The van der Waals surface area contributed by atoms with E-state index < -0.39 is 39.7 Å². The van der Waals surface area contributed by atoms with Gasteiger partial charge in [0, 0.05) is 24.8 Å². The summed E-state index contributed by atoms with van der Waals surface area (Å²) in [6, 6.07) is 11.2. The average Bonchev–Trinajstić information content (AvgIpc) is 3.33. The first-order valence-corrected chi connectivity index (χ1v) is 12.6. The molecule has 0 unspecified atom stereocenters. The number of aryl methyl sites for hydroxylation is 1. The number of nitrogens with zero attached hydrogens (tertiary/aromatic N) is 2. The van der Waals surface area contributed by atoms with Crippen molar-refractivity contribution >= 4 is 15.9 Å². The molecule has 2 heterocycles. The Morgan fingerprint density at radius 2 is 1.81 bits per heavy atom. The van der Waals surface area contributed by atoms with Gasteiger partial charge in [-0.1, -0.05) is 23.8 Å². The third-order valence-electron chi connectivity index (χ3n) is 5.92. The number of carbonyl (C=O) groups excluding carboxylic acids is 1. The molecule has 1 saturated heterocycles. The summed E-state index contributed by atoms with van der Waals surface area (Å²) in [6.07, 6.45) is -2.52. The van der Waals surface area contributed by atoms with Crippen LogP contribution in [0.15, 0.2) is 65.7 Å². The Morgan fingerprint density at radius 3 is 2.44 bits per heavy atom. The van der Waals surface area contributed by atoms with E-state index in [9.17, 15) is 30.8 Å². The van der Waals surface area contributed by atoms with Crippen molar-refractivity contribution in [3.63, 3.8) is 0 Å². The first-order chi connectivity index (χ1) is 16.9. The summed E-state index contributed by atoms with van der Waals surface area (Å²) in [6.45, 7) is 2.09. The topological polar surface area (TPSA) is 79.4 Å². The first-order valence-electron chi connectivity index (χ1n) is 11.1. The van der Waals surface area contributed by atoms with Gasteiger partial charge in [-0.2, -0.15) is 17.5 Å². The Kier molecular flexibility index (Phi) is 7.14. The molecule has 0 bridgehead atoms. The molecule has 3 aromatic rings. The number of halogens is 4. The number of amides is 1. The first kappa shape index (κ1) is 25.8. The molecule has 2 aromatic carbocycles. The number of hydrogen-bond acceptors (Lipinski definition) is 4. The summed E-state index contributed by atoms with van der Waals surface area (Å²) in [4.78, 5) is 16.3. The number of nitrogens with one attached hydrogen (secondary N) is 1. The van der Waals surface area contributed by atoms with Gasteiger partial charge in [0.05, 0.1) is 4.90 Å². The summed E-state index contributed by atoms with van der Waals surface area (Å²) in [5, 5.41) is 2.77. The number of alkyl halides is 3. The summed E-state index contributed by atoms with van der Waals surface area (Å²) in [7, 11) is -3.98. The Bertz CT molecular complexity index is 1360. The third-order valence-corrected chi connectivity index (χ3v) is 7.84. The Hall–Kier alpha value is -3.31. The second-order valence-electron chi connectivity index (χ2n) is 8.58. The highest BCUT2D eigenvalue weighted by Crippen LogP contribution is 2.30. The molecule has 1 amide bonds. The molecular formula is C25H23F4N3O3S. The van der Waals surface area contributed by atoms with Gasteiger partial charge in [0.2, 0.25) is 15.9 Å². The molecule has 11 heteroatoms. The molecule has 0 saturated carbocycles. The van der Waals surface area contributed by atoms with Crippen molar-refractivity contribution < 1.29 is 30.8 Å². The van der Waals surface area contributed by atoms with Crippen molar-refractivity contribution in [3.05, 3.63) is 83.4 Å². The Morgan fingerprint density at radius 1 is 1.08 bits per heavy atom. The van der Waals surface area contributed by atoms with Gasteiger partial charge in [-0.05, 0) is 67.3 Å². The van der Waals surface area contributed by atoms with E-state index in [-0.39, 0.29) is 18.0 Å². The van der Waals surface area contributed by atoms with Gasteiger partial charge >= 0.3 is 6.18 Å². The molecule has 0 spiro atoms. The van der Waals surface area contributed by atoms with Gasteiger partial charge in [0.1, 0.15) is 17.6 Å². The molecule has 6 nitrogen and oxygen atoms in total. The second-order valence-corrected chi connectivity index (χ2v) is 10.5. The molecule has 1 aliphatic heterocycles. The molecule has 1 fully saturated rings. The molecule has 1 aliphatic rings. The van der Waals surface area contributed by atoms with Crippen LogP contribution in [0.3, 0.4) is 0 Å². The summed E-state index contributed by atoms with van der Waals surface area (Å²) in [5.74, 6) is -1.02. The molecule has 36 heavy (non-hydrogen) atoms. The predicted molar refractivity (Wildman–Crippen MR) is 125 cm³/mol. The molecule has 0 radical (unpaired) electrons. The summed E-state index contributed by atoms with van der Waals surface area (Å²) in [5.41, 5.74) is 1.68. The number of pyridine rings is 1. The van der Waals surface area contributed by atoms with E-state index in [0.29, 0.717) is 29.5 Å². The van der Waals surface area contributed by atoms with Crippen LogP contribution in [-0.4, -0.2) is 36.2 Å². The van der Waals surface area contributed by atoms with Crippen molar-refractivity contribution in [2.75, 3.05) is 6.54 Å². The van der Waals surface area contributed by atoms with Gasteiger partial charge in [0.15, 0.2) is 0 Å². The lowest BCUT2D eigenvalue weighted by Gasteiger charge is -2.23. The number of sulfonamides is 1. The predicted octanol–water partition coefficient (Wildman–Crippen LogP) is 4.68. The van der Waals surface area contributed by atoms with Crippen LogP contribution in [0.4, 0.5) is 17.6 Å². The van der Waals surface area contributed by atoms with E-state index in [1.807, 2.05) is 13.0 Å². The maximum absolute atomic E-state index is 13.2. The van der Waals surface area contributed by atoms with Gasteiger partial charge in [0.25, 0.3) is 0 Å². The minimum absolute atomic E-state index is 0.0860. The van der Waals surface area contributed by atoms with E-state index in [2.05, 4.69) is 10.3 Å². The van der Waals surface area contributed by atoms with Crippen LogP contribution in [-0.2, 0) is 27.5 Å². The van der Waals surface area contributed by atoms with Crippen LogP contribution in [0, 0.1) is 12.7 Å². The standard InChI is InChI=1S/C25H23F4N3O3S/c1-16-11-17(13-19(12-16)18-4-9-23(30-15-18)25(27,28)29)14-31-24(33)22-3-2-10-32(22)36(34,35)21-7-5-20(26)6-8-21/h4-9,11-13,15,22H,2-3,10,14H2,1H3,(H,31,33)/t22-/m0/s1.